The van der Waals surface area contributed by atoms with Crippen molar-refractivity contribution in [1.29, 1.82) is 0 Å². The average Bonchev–Trinajstić information content (AvgIpc) is 3.19. The number of H-pyrrole nitrogens is 1. The van der Waals surface area contributed by atoms with Gasteiger partial charge in [0.2, 0.25) is 0 Å². The fourth-order valence-electron chi connectivity index (χ4n) is 3.25. The van der Waals surface area contributed by atoms with Crippen LogP contribution in [-0.2, 0) is 5.75 Å². The average molecular weight is 417 g/mol. The molecule has 1 N–H and O–H groups in total. The van der Waals surface area contributed by atoms with Crippen LogP contribution in [0, 0.1) is 6.92 Å². The van der Waals surface area contributed by atoms with E-state index in [2.05, 4.69) is 38.1 Å². The molecule has 0 unspecified atom stereocenters. The van der Waals surface area contributed by atoms with Gasteiger partial charge in [0, 0.05) is 10.3 Å². The van der Waals surface area contributed by atoms with Gasteiger partial charge >= 0.3 is 0 Å². The van der Waals surface area contributed by atoms with E-state index in [9.17, 15) is 4.79 Å². The van der Waals surface area contributed by atoms with E-state index in [-0.39, 0.29) is 5.56 Å². The molecule has 3 aromatic heterocycles. The number of aromatic nitrogens is 4. The molecule has 5 aromatic rings. The lowest BCUT2D eigenvalue weighted by Crippen LogP contribution is -2.11. The zero-order valence-corrected chi connectivity index (χ0v) is 17.2. The molecular weight excluding hydrogens is 400 g/mol. The smallest absolute Gasteiger partial charge is 0.258 e. The summed E-state index contributed by atoms with van der Waals surface area (Å²) in [5.74, 6) is 1.18. The third-order valence-electron chi connectivity index (χ3n) is 4.68. The summed E-state index contributed by atoms with van der Waals surface area (Å²) in [5, 5.41) is 2.54. The molecule has 0 fully saturated rings. The Bertz CT molecular complexity index is 1390. The van der Waals surface area contributed by atoms with Crippen molar-refractivity contribution >= 4 is 44.2 Å². The van der Waals surface area contributed by atoms with Crippen LogP contribution in [0.1, 0.15) is 11.4 Å². The fourth-order valence-corrected chi connectivity index (χ4v) is 5.16. The van der Waals surface area contributed by atoms with Crippen molar-refractivity contribution in [2.75, 3.05) is 0 Å². The number of nitrogens with zero attached hydrogens (tertiary/aromatic N) is 3. The highest BCUT2D eigenvalue weighted by atomic mass is 32.2. The van der Waals surface area contributed by atoms with Crippen molar-refractivity contribution < 1.29 is 0 Å². The van der Waals surface area contributed by atoms with E-state index in [0.717, 1.165) is 31.2 Å². The second-order valence-corrected chi connectivity index (χ2v) is 8.64. The Balaban J connectivity index is 1.48. The van der Waals surface area contributed by atoms with Gasteiger partial charge in [-0.3, -0.25) is 4.79 Å². The zero-order valence-electron chi connectivity index (χ0n) is 15.5. The second-order valence-electron chi connectivity index (χ2n) is 6.65. The van der Waals surface area contributed by atoms with Crippen LogP contribution in [0.5, 0.6) is 0 Å². The van der Waals surface area contributed by atoms with Gasteiger partial charge in [-0.15, -0.1) is 11.3 Å². The number of fused-ring (bicyclic) bond motifs is 2. The number of hydrogen-bond donors (Lipinski definition) is 1. The fraction of sp³-hybridized carbons (Fsp3) is 0.0909. The first-order valence-electron chi connectivity index (χ1n) is 9.10. The Morgan fingerprint density at radius 2 is 1.90 bits per heavy atom. The third kappa shape index (κ3) is 3.43. The van der Waals surface area contributed by atoms with E-state index >= 15 is 0 Å². The summed E-state index contributed by atoms with van der Waals surface area (Å²) >= 11 is 3.21. The minimum atomic E-state index is -0.107. The molecule has 0 aliphatic heterocycles. The van der Waals surface area contributed by atoms with Crippen molar-refractivity contribution in [3.63, 3.8) is 0 Å². The molecule has 0 radical (unpaired) electrons. The van der Waals surface area contributed by atoms with Gasteiger partial charge < -0.3 is 4.98 Å². The quantitative estimate of drug-likeness (QED) is 0.322. The minimum absolute atomic E-state index is 0.107. The molecule has 0 amide bonds. The minimum Gasteiger partial charge on any atom is -0.309 e. The molecule has 0 aliphatic carbocycles. The number of hydrogen-bond acceptors (Lipinski definition) is 6. The Labute approximate surface area is 174 Å². The second kappa shape index (κ2) is 7.42. The van der Waals surface area contributed by atoms with Crippen LogP contribution in [-0.4, -0.2) is 19.9 Å². The van der Waals surface area contributed by atoms with Crippen LogP contribution in [0.2, 0.25) is 0 Å². The molecule has 7 heteroatoms. The summed E-state index contributed by atoms with van der Waals surface area (Å²) in [6.45, 7) is 1.97. The molecule has 0 atom stereocenters. The number of para-hydroxylation sites is 1. The van der Waals surface area contributed by atoms with E-state index in [4.69, 9.17) is 0 Å². The number of benzene rings is 2. The van der Waals surface area contributed by atoms with Gasteiger partial charge in [0.1, 0.15) is 22.0 Å². The van der Waals surface area contributed by atoms with Crippen LogP contribution in [0.3, 0.4) is 0 Å². The number of aromatic amines is 1. The lowest BCUT2D eigenvalue weighted by atomic mass is 10.1. The van der Waals surface area contributed by atoms with Crippen molar-refractivity contribution in [2.45, 2.75) is 17.7 Å². The number of thioether (sulfide) groups is 1. The molecule has 29 heavy (non-hydrogen) atoms. The highest BCUT2D eigenvalue weighted by Gasteiger charge is 2.12. The predicted molar refractivity (Wildman–Crippen MR) is 120 cm³/mol. The van der Waals surface area contributed by atoms with E-state index in [0.29, 0.717) is 17.0 Å². The number of thiophene rings is 1. The lowest BCUT2D eigenvalue weighted by molar-refractivity contribution is 1.03. The molecule has 0 saturated heterocycles. The van der Waals surface area contributed by atoms with Gasteiger partial charge in [0.05, 0.1) is 16.7 Å². The Morgan fingerprint density at radius 1 is 1.03 bits per heavy atom. The Hall–Kier alpha value is -3.03. The van der Waals surface area contributed by atoms with Crippen LogP contribution >= 0.6 is 23.1 Å². The summed E-state index contributed by atoms with van der Waals surface area (Å²) in [5.41, 5.74) is 2.81. The van der Waals surface area contributed by atoms with Gasteiger partial charge in [-0.25, -0.2) is 15.0 Å². The zero-order chi connectivity index (χ0) is 19.8. The summed E-state index contributed by atoms with van der Waals surface area (Å²) in [6, 6.07) is 18.0. The summed E-state index contributed by atoms with van der Waals surface area (Å²) in [7, 11) is 0. The van der Waals surface area contributed by atoms with E-state index in [1.54, 1.807) is 35.5 Å². The number of rotatable bonds is 4. The molecule has 0 bridgehead atoms. The normalized spacial score (nSPS) is 11.3. The standard InChI is InChI=1S/C22H16N4OS2/c1-13-6-5-9-15-19(13)25-18(26-20(15)27)11-28-21-16-10-17(14-7-3-2-4-8-14)29-22(16)24-12-23-21/h2-10,12H,11H2,1H3,(H,25,26,27). The third-order valence-corrected chi connectivity index (χ3v) is 6.79. The van der Waals surface area contributed by atoms with Crippen molar-refractivity contribution in [3.8, 4) is 10.4 Å². The van der Waals surface area contributed by atoms with Crippen molar-refractivity contribution in [3.05, 3.63) is 82.7 Å². The summed E-state index contributed by atoms with van der Waals surface area (Å²) < 4.78 is 0. The van der Waals surface area contributed by atoms with E-state index in [1.165, 1.54) is 5.56 Å². The molecule has 5 rings (SSSR count). The first-order valence-corrected chi connectivity index (χ1v) is 10.9. The van der Waals surface area contributed by atoms with E-state index < -0.39 is 0 Å². The molecule has 142 valence electrons. The first kappa shape index (κ1) is 18.0. The molecule has 0 aliphatic rings. The predicted octanol–water partition coefficient (Wildman–Crippen LogP) is 5.20. The molecule has 0 spiro atoms. The van der Waals surface area contributed by atoms with Crippen LogP contribution < -0.4 is 5.56 Å². The van der Waals surface area contributed by atoms with Gasteiger partial charge in [-0.1, -0.05) is 54.2 Å². The highest BCUT2D eigenvalue weighted by Crippen LogP contribution is 2.36. The Kier molecular flexibility index (Phi) is 4.61. The summed E-state index contributed by atoms with van der Waals surface area (Å²) in [4.78, 5) is 31.0. The van der Waals surface area contributed by atoms with Crippen LogP contribution in [0.15, 0.2) is 70.7 Å². The lowest BCUT2D eigenvalue weighted by Gasteiger charge is -2.05. The SMILES string of the molecule is Cc1cccc2c(=O)[nH]c(CSc3ncnc4sc(-c5ccccc5)cc34)nc12. The molecule has 3 heterocycles. The number of nitrogens with one attached hydrogen (secondary N) is 1. The van der Waals surface area contributed by atoms with Crippen LogP contribution in [0.4, 0.5) is 0 Å². The highest BCUT2D eigenvalue weighted by molar-refractivity contribution is 7.98. The van der Waals surface area contributed by atoms with Gasteiger partial charge in [-0.05, 0) is 30.2 Å². The maximum atomic E-state index is 12.4. The topological polar surface area (TPSA) is 71.5 Å². The maximum absolute atomic E-state index is 12.4. The molecule has 5 nitrogen and oxygen atoms in total. The molecule has 2 aromatic carbocycles. The molecular formula is C22H16N4OS2. The van der Waals surface area contributed by atoms with Crippen molar-refractivity contribution in [2.24, 2.45) is 0 Å². The van der Waals surface area contributed by atoms with E-state index in [1.807, 2.05) is 37.3 Å². The monoisotopic (exact) mass is 416 g/mol. The number of aryl methyl sites for hydroxylation is 1. The summed E-state index contributed by atoms with van der Waals surface area (Å²) in [6.07, 6.45) is 1.59. The van der Waals surface area contributed by atoms with Crippen LogP contribution in [0.25, 0.3) is 31.6 Å². The molecule has 0 saturated carbocycles. The van der Waals surface area contributed by atoms with Gasteiger partial charge in [0.15, 0.2) is 0 Å². The van der Waals surface area contributed by atoms with Crippen molar-refractivity contribution in [1.82, 2.24) is 19.9 Å². The van der Waals surface area contributed by atoms with Gasteiger partial charge in [-0.2, -0.15) is 0 Å². The van der Waals surface area contributed by atoms with Gasteiger partial charge in [0.25, 0.3) is 5.56 Å². The first-order chi connectivity index (χ1) is 14.2. The Morgan fingerprint density at radius 3 is 2.76 bits per heavy atom. The largest absolute Gasteiger partial charge is 0.309 e. The maximum Gasteiger partial charge on any atom is 0.258 e.